The lowest BCUT2D eigenvalue weighted by atomic mass is 9.96. The van der Waals surface area contributed by atoms with Crippen LogP contribution < -0.4 is 15.7 Å². The van der Waals surface area contributed by atoms with Gasteiger partial charge in [0.05, 0.1) is 11.2 Å². The predicted octanol–water partition coefficient (Wildman–Crippen LogP) is 2.39. The Morgan fingerprint density at radius 3 is 2.75 bits per heavy atom. The maximum absolute atomic E-state index is 12.0. The normalized spacial score (nSPS) is 16.5. The van der Waals surface area contributed by atoms with Crippen LogP contribution in [0.3, 0.4) is 0 Å². The molecule has 9 heteroatoms. The van der Waals surface area contributed by atoms with E-state index in [9.17, 15) is 14.7 Å². The number of carboxylic acids is 1. The predicted molar refractivity (Wildman–Crippen MR) is 93.1 cm³/mol. The van der Waals surface area contributed by atoms with E-state index in [1.54, 1.807) is 0 Å². The standard InChI is InChI=1S/C15H24N4O3S2/c1-2-3-9-11(12(20)21)23-15-19-18-14(24-15)17-13(22)16-10-7-5-4-6-8-10/h10-11H,2-9H2,1H3,(H,20,21)(H2,16,17,18,22)/p-1/t11-/m0/s1. The lowest BCUT2D eigenvalue weighted by Crippen LogP contribution is -2.38. The lowest BCUT2D eigenvalue weighted by Gasteiger charge is -2.22. The highest BCUT2D eigenvalue weighted by Crippen LogP contribution is 2.31. The van der Waals surface area contributed by atoms with Gasteiger partial charge in [0.2, 0.25) is 5.13 Å². The van der Waals surface area contributed by atoms with Crippen molar-refractivity contribution < 1.29 is 14.7 Å². The molecule has 0 spiro atoms. The van der Waals surface area contributed by atoms with E-state index in [1.807, 2.05) is 6.92 Å². The number of aromatic nitrogens is 2. The van der Waals surface area contributed by atoms with Gasteiger partial charge in [-0.3, -0.25) is 5.32 Å². The van der Waals surface area contributed by atoms with Crippen LogP contribution in [-0.2, 0) is 4.79 Å². The Hall–Kier alpha value is -1.35. The van der Waals surface area contributed by atoms with Gasteiger partial charge in [0.1, 0.15) is 0 Å². The molecule has 2 N–H and O–H groups in total. The van der Waals surface area contributed by atoms with Crippen LogP contribution in [0.5, 0.6) is 0 Å². The van der Waals surface area contributed by atoms with Crippen molar-refractivity contribution >= 4 is 40.2 Å². The number of nitrogens with one attached hydrogen (secondary N) is 2. The van der Waals surface area contributed by atoms with Crippen molar-refractivity contribution in [2.75, 3.05) is 5.32 Å². The van der Waals surface area contributed by atoms with Crippen LogP contribution in [0.25, 0.3) is 0 Å². The Morgan fingerprint density at radius 2 is 2.08 bits per heavy atom. The number of unbranched alkanes of at least 4 members (excludes halogenated alkanes) is 1. The van der Waals surface area contributed by atoms with E-state index in [2.05, 4.69) is 20.8 Å². The molecule has 0 saturated heterocycles. The van der Waals surface area contributed by atoms with Gasteiger partial charge in [0, 0.05) is 6.04 Å². The Kier molecular flexibility index (Phi) is 7.77. The summed E-state index contributed by atoms with van der Waals surface area (Å²) in [5.41, 5.74) is 0. The number of nitrogens with zero attached hydrogens (tertiary/aromatic N) is 2. The molecule has 2 amide bonds. The van der Waals surface area contributed by atoms with E-state index in [0.29, 0.717) is 15.9 Å². The number of amides is 2. The summed E-state index contributed by atoms with van der Waals surface area (Å²) in [6.07, 6.45) is 7.82. The third kappa shape index (κ3) is 6.27. The molecule has 0 radical (unpaired) electrons. The molecule has 0 aliphatic heterocycles. The summed E-state index contributed by atoms with van der Waals surface area (Å²) in [4.78, 5) is 23.1. The van der Waals surface area contributed by atoms with Crippen LogP contribution in [0.15, 0.2) is 4.34 Å². The van der Waals surface area contributed by atoms with E-state index < -0.39 is 11.2 Å². The number of urea groups is 1. The quantitative estimate of drug-likeness (QED) is 0.537. The Balaban J connectivity index is 1.82. The average Bonchev–Trinajstić information content (AvgIpc) is 2.99. The van der Waals surface area contributed by atoms with Gasteiger partial charge in [-0.05, 0) is 19.3 Å². The maximum Gasteiger partial charge on any atom is 0.321 e. The molecule has 1 aromatic rings. The molecule has 0 unspecified atom stereocenters. The number of hydrogen-bond donors (Lipinski definition) is 2. The number of anilines is 1. The van der Waals surface area contributed by atoms with Crippen LogP contribution in [0.4, 0.5) is 9.93 Å². The first-order valence-electron chi connectivity index (χ1n) is 8.37. The minimum Gasteiger partial charge on any atom is -0.549 e. The first-order chi connectivity index (χ1) is 11.6. The second-order valence-electron chi connectivity index (χ2n) is 5.87. The van der Waals surface area contributed by atoms with Gasteiger partial charge in [-0.2, -0.15) is 0 Å². The van der Waals surface area contributed by atoms with Gasteiger partial charge < -0.3 is 15.2 Å². The third-order valence-corrected chi connectivity index (χ3v) is 6.06. The summed E-state index contributed by atoms with van der Waals surface area (Å²) < 4.78 is 0.522. The molecule has 0 aromatic carbocycles. The Labute approximate surface area is 150 Å². The van der Waals surface area contributed by atoms with Crippen molar-refractivity contribution in [1.82, 2.24) is 15.5 Å². The second kappa shape index (κ2) is 9.83. The van der Waals surface area contributed by atoms with Crippen LogP contribution in [0, 0.1) is 0 Å². The molecule has 1 aliphatic carbocycles. The van der Waals surface area contributed by atoms with Crippen LogP contribution in [0.1, 0.15) is 58.3 Å². The maximum atomic E-state index is 12.0. The summed E-state index contributed by atoms with van der Waals surface area (Å²) >= 11 is 2.31. The van der Waals surface area contributed by atoms with E-state index >= 15 is 0 Å². The lowest BCUT2D eigenvalue weighted by molar-refractivity contribution is -0.304. The number of carbonyl (C=O) groups is 2. The molecular weight excluding hydrogens is 348 g/mol. The van der Waals surface area contributed by atoms with Crippen molar-refractivity contribution in [3.05, 3.63) is 0 Å². The largest absolute Gasteiger partial charge is 0.549 e. The summed E-state index contributed by atoms with van der Waals surface area (Å²) in [6, 6.07) is -0.0611. The first-order valence-corrected chi connectivity index (χ1v) is 10.1. The molecule has 1 fully saturated rings. The Morgan fingerprint density at radius 1 is 1.33 bits per heavy atom. The first kappa shape index (κ1) is 19.0. The van der Waals surface area contributed by atoms with Gasteiger partial charge in [0.25, 0.3) is 0 Å². The number of thioether (sulfide) groups is 1. The molecule has 7 nitrogen and oxygen atoms in total. The fourth-order valence-electron chi connectivity index (χ4n) is 2.61. The SMILES string of the molecule is CCCC[C@H](Sc1nnc(NC(=O)NC2CCCCC2)s1)C(=O)[O-]. The zero-order valence-corrected chi connectivity index (χ0v) is 15.4. The zero-order chi connectivity index (χ0) is 17.4. The minimum atomic E-state index is -1.09. The number of aliphatic carboxylic acids is 1. The molecular formula is C15H23N4O3S2-. The van der Waals surface area contributed by atoms with Gasteiger partial charge >= 0.3 is 6.03 Å². The van der Waals surface area contributed by atoms with Gasteiger partial charge in [-0.1, -0.05) is 62.1 Å². The van der Waals surface area contributed by atoms with E-state index in [1.165, 1.54) is 17.8 Å². The second-order valence-corrected chi connectivity index (χ2v) is 8.30. The molecule has 1 saturated carbocycles. The zero-order valence-electron chi connectivity index (χ0n) is 13.7. The molecule has 0 bridgehead atoms. The smallest absolute Gasteiger partial charge is 0.321 e. The van der Waals surface area contributed by atoms with E-state index in [4.69, 9.17) is 0 Å². The van der Waals surface area contributed by atoms with Gasteiger partial charge in [0.15, 0.2) is 4.34 Å². The number of hydrogen-bond acceptors (Lipinski definition) is 7. The number of rotatable bonds is 8. The summed E-state index contributed by atoms with van der Waals surface area (Å²) in [6.45, 7) is 2.01. The third-order valence-electron chi connectivity index (χ3n) is 3.89. The van der Waals surface area contributed by atoms with Crippen molar-refractivity contribution in [2.24, 2.45) is 0 Å². The molecule has 1 atom stereocenters. The molecule has 134 valence electrons. The summed E-state index contributed by atoms with van der Waals surface area (Å²) in [5, 5.41) is 24.4. The van der Waals surface area contributed by atoms with Crippen molar-refractivity contribution in [2.45, 2.75) is 73.9 Å². The average molecular weight is 372 g/mol. The highest BCUT2D eigenvalue weighted by molar-refractivity contribution is 8.02. The van der Waals surface area contributed by atoms with E-state index in [-0.39, 0.29) is 12.1 Å². The molecule has 24 heavy (non-hydrogen) atoms. The Bertz CT molecular complexity index is 547. The molecule has 1 aromatic heterocycles. The monoisotopic (exact) mass is 371 g/mol. The fourth-order valence-corrected chi connectivity index (χ4v) is 4.57. The van der Waals surface area contributed by atoms with Gasteiger partial charge in [-0.25, -0.2) is 4.79 Å². The van der Waals surface area contributed by atoms with Crippen molar-refractivity contribution in [3.8, 4) is 0 Å². The fraction of sp³-hybridized carbons (Fsp3) is 0.733. The van der Waals surface area contributed by atoms with Crippen molar-refractivity contribution in [3.63, 3.8) is 0 Å². The van der Waals surface area contributed by atoms with Crippen molar-refractivity contribution in [1.29, 1.82) is 0 Å². The topological polar surface area (TPSA) is 107 Å². The van der Waals surface area contributed by atoms with Crippen LogP contribution >= 0.6 is 23.1 Å². The molecule has 1 aliphatic rings. The van der Waals surface area contributed by atoms with E-state index in [0.717, 1.165) is 50.3 Å². The highest BCUT2D eigenvalue weighted by atomic mass is 32.2. The van der Waals surface area contributed by atoms with Crippen LogP contribution in [0.2, 0.25) is 0 Å². The number of carboxylic acid groups (broad SMARTS) is 1. The summed E-state index contributed by atoms with van der Waals surface area (Å²) in [5.74, 6) is -1.09. The number of carbonyl (C=O) groups excluding carboxylic acids is 2. The highest BCUT2D eigenvalue weighted by Gasteiger charge is 2.18. The van der Waals surface area contributed by atoms with Crippen LogP contribution in [-0.4, -0.2) is 33.5 Å². The molecule has 2 rings (SSSR count). The molecule has 1 heterocycles. The summed E-state index contributed by atoms with van der Waals surface area (Å²) in [7, 11) is 0. The minimum absolute atomic E-state index is 0.219. The van der Waals surface area contributed by atoms with Gasteiger partial charge in [-0.15, -0.1) is 10.2 Å².